The van der Waals surface area contributed by atoms with Crippen LogP contribution in [0.2, 0.25) is 0 Å². The van der Waals surface area contributed by atoms with E-state index in [4.69, 9.17) is 5.73 Å². The van der Waals surface area contributed by atoms with Gasteiger partial charge in [-0.3, -0.25) is 4.79 Å². The highest BCUT2D eigenvalue weighted by molar-refractivity contribution is 7.08. The highest BCUT2D eigenvalue weighted by atomic mass is 32.1. The second kappa shape index (κ2) is 5.54. The highest BCUT2D eigenvalue weighted by Crippen LogP contribution is 2.24. The lowest BCUT2D eigenvalue weighted by Gasteiger charge is -2.36. The van der Waals surface area contributed by atoms with Crippen LogP contribution in [0.3, 0.4) is 0 Å². The monoisotopic (exact) mass is 287 g/mol. The van der Waals surface area contributed by atoms with Crippen molar-refractivity contribution in [2.45, 2.75) is 0 Å². The lowest BCUT2D eigenvalue weighted by atomic mass is 10.2. The predicted octanol–water partition coefficient (Wildman–Crippen LogP) is 2.29. The number of hydrogen-bond acceptors (Lipinski definition) is 4. The van der Waals surface area contributed by atoms with Gasteiger partial charge in [0.15, 0.2) is 0 Å². The average molecular weight is 287 g/mol. The molecule has 0 atom stereocenters. The van der Waals surface area contributed by atoms with Crippen molar-refractivity contribution in [1.82, 2.24) is 4.90 Å². The number of amides is 1. The molecule has 0 spiro atoms. The van der Waals surface area contributed by atoms with Gasteiger partial charge in [-0.2, -0.15) is 11.3 Å². The first kappa shape index (κ1) is 13.0. The molecule has 1 aliphatic rings. The third-order valence-corrected chi connectivity index (χ3v) is 4.30. The van der Waals surface area contributed by atoms with Crippen LogP contribution < -0.4 is 10.6 Å². The van der Waals surface area contributed by atoms with Crippen molar-refractivity contribution >= 4 is 28.6 Å². The maximum absolute atomic E-state index is 12.3. The molecule has 2 N–H and O–H groups in total. The first-order valence-corrected chi connectivity index (χ1v) is 7.61. The molecular weight excluding hydrogens is 270 g/mol. The van der Waals surface area contributed by atoms with E-state index in [1.807, 2.05) is 46.0 Å². The molecular formula is C15H17N3OS. The van der Waals surface area contributed by atoms with Crippen molar-refractivity contribution in [3.63, 3.8) is 0 Å². The van der Waals surface area contributed by atoms with Crippen molar-refractivity contribution < 1.29 is 4.79 Å². The number of rotatable bonds is 2. The molecule has 4 nitrogen and oxygen atoms in total. The van der Waals surface area contributed by atoms with Crippen molar-refractivity contribution in [3.8, 4) is 0 Å². The third kappa shape index (κ3) is 2.49. The van der Waals surface area contributed by atoms with Gasteiger partial charge in [-0.25, -0.2) is 0 Å². The van der Waals surface area contributed by atoms with E-state index in [1.165, 1.54) is 0 Å². The van der Waals surface area contributed by atoms with Crippen molar-refractivity contribution in [2.24, 2.45) is 0 Å². The molecule has 3 rings (SSSR count). The molecule has 1 aromatic heterocycles. The van der Waals surface area contributed by atoms with Crippen LogP contribution in [-0.4, -0.2) is 37.0 Å². The summed E-state index contributed by atoms with van der Waals surface area (Å²) >= 11 is 1.56. The Balaban J connectivity index is 1.65. The Hall–Kier alpha value is -2.01. The number of anilines is 2. The largest absolute Gasteiger partial charge is 0.397 e. The zero-order valence-electron chi connectivity index (χ0n) is 11.2. The lowest BCUT2D eigenvalue weighted by molar-refractivity contribution is 0.0747. The van der Waals surface area contributed by atoms with Crippen LogP contribution in [0.4, 0.5) is 11.4 Å². The number of nitrogens with two attached hydrogens (primary N) is 1. The second-order valence-corrected chi connectivity index (χ2v) is 5.63. The normalized spacial score (nSPS) is 15.4. The fourth-order valence-electron chi connectivity index (χ4n) is 2.49. The van der Waals surface area contributed by atoms with Crippen LogP contribution in [0.5, 0.6) is 0 Å². The number of benzene rings is 1. The summed E-state index contributed by atoms with van der Waals surface area (Å²) in [7, 11) is 0. The molecule has 2 heterocycles. The molecule has 1 amide bonds. The molecule has 0 saturated carbocycles. The average Bonchev–Trinajstić information content (AvgIpc) is 3.01. The number of carbonyl (C=O) groups is 1. The van der Waals surface area contributed by atoms with E-state index in [0.717, 1.165) is 43.1 Å². The van der Waals surface area contributed by atoms with Crippen molar-refractivity contribution in [1.29, 1.82) is 0 Å². The minimum Gasteiger partial charge on any atom is -0.397 e. The van der Waals surface area contributed by atoms with Gasteiger partial charge in [-0.05, 0) is 23.6 Å². The SMILES string of the molecule is Nc1ccccc1N1CCN(C(=O)c2ccsc2)CC1. The van der Waals surface area contributed by atoms with Crippen LogP contribution in [0.25, 0.3) is 0 Å². The molecule has 1 saturated heterocycles. The Bertz CT molecular complexity index is 589. The zero-order valence-corrected chi connectivity index (χ0v) is 12.0. The smallest absolute Gasteiger partial charge is 0.254 e. The van der Waals surface area contributed by atoms with Gasteiger partial charge in [-0.15, -0.1) is 0 Å². The Morgan fingerprint density at radius 1 is 1.10 bits per heavy atom. The molecule has 2 aromatic rings. The van der Waals surface area contributed by atoms with Crippen LogP contribution in [0.15, 0.2) is 41.1 Å². The second-order valence-electron chi connectivity index (χ2n) is 4.85. The standard InChI is InChI=1S/C15H17N3OS/c16-13-3-1-2-4-14(13)17-6-8-18(9-7-17)15(19)12-5-10-20-11-12/h1-5,10-11H,6-9,16H2. The highest BCUT2D eigenvalue weighted by Gasteiger charge is 2.23. The van der Waals surface area contributed by atoms with Crippen LogP contribution in [0, 0.1) is 0 Å². The van der Waals surface area contributed by atoms with E-state index in [-0.39, 0.29) is 5.91 Å². The number of hydrogen-bond donors (Lipinski definition) is 1. The van der Waals surface area contributed by atoms with Gasteiger partial charge in [0, 0.05) is 31.6 Å². The van der Waals surface area contributed by atoms with Gasteiger partial charge in [0.2, 0.25) is 0 Å². The van der Waals surface area contributed by atoms with Crippen LogP contribution in [0.1, 0.15) is 10.4 Å². The molecule has 1 aliphatic heterocycles. The summed E-state index contributed by atoms with van der Waals surface area (Å²) in [6.07, 6.45) is 0. The van der Waals surface area contributed by atoms with Gasteiger partial charge in [0.25, 0.3) is 5.91 Å². The summed E-state index contributed by atoms with van der Waals surface area (Å²) < 4.78 is 0. The van der Waals surface area contributed by atoms with Crippen molar-refractivity contribution in [3.05, 3.63) is 46.7 Å². The summed E-state index contributed by atoms with van der Waals surface area (Å²) in [6, 6.07) is 9.77. The van der Waals surface area contributed by atoms with Gasteiger partial charge < -0.3 is 15.5 Å². The van der Waals surface area contributed by atoms with Crippen LogP contribution >= 0.6 is 11.3 Å². The number of nitrogens with zero attached hydrogens (tertiary/aromatic N) is 2. The Kier molecular flexibility index (Phi) is 3.60. The number of nitrogen functional groups attached to an aromatic ring is 1. The summed E-state index contributed by atoms with van der Waals surface area (Å²) in [5.41, 5.74) is 8.66. The molecule has 0 bridgehead atoms. The van der Waals surface area contributed by atoms with Crippen molar-refractivity contribution in [2.75, 3.05) is 36.8 Å². The number of thiophene rings is 1. The Morgan fingerprint density at radius 2 is 1.85 bits per heavy atom. The van der Waals surface area contributed by atoms with Crippen LogP contribution in [-0.2, 0) is 0 Å². The molecule has 0 radical (unpaired) electrons. The molecule has 104 valence electrons. The molecule has 20 heavy (non-hydrogen) atoms. The van der Waals surface area contributed by atoms with E-state index in [0.29, 0.717) is 0 Å². The molecule has 1 fully saturated rings. The maximum Gasteiger partial charge on any atom is 0.254 e. The van der Waals surface area contributed by atoms with E-state index in [2.05, 4.69) is 4.90 Å². The number of para-hydroxylation sites is 2. The zero-order chi connectivity index (χ0) is 13.9. The number of piperazine rings is 1. The first-order chi connectivity index (χ1) is 9.75. The summed E-state index contributed by atoms with van der Waals surface area (Å²) in [5, 5.41) is 3.85. The molecule has 1 aromatic carbocycles. The summed E-state index contributed by atoms with van der Waals surface area (Å²) in [6.45, 7) is 3.13. The lowest BCUT2D eigenvalue weighted by Crippen LogP contribution is -2.48. The molecule has 0 unspecified atom stereocenters. The van der Waals surface area contributed by atoms with E-state index < -0.39 is 0 Å². The summed E-state index contributed by atoms with van der Waals surface area (Å²) in [4.78, 5) is 16.4. The van der Waals surface area contributed by atoms with E-state index >= 15 is 0 Å². The molecule has 0 aliphatic carbocycles. The van der Waals surface area contributed by atoms with Gasteiger partial charge >= 0.3 is 0 Å². The van der Waals surface area contributed by atoms with Gasteiger partial charge in [0.1, 0.15) is 0 Å². The Morgan fingerprint density at radius 3 is 2.50 bits per heavy atom. The fourth-order valence-corrected chi connectivity index (χ4v) is 3.12. The minimum atomic E-state index is 0.131. The van der Waals surface area contributed by atoms with E-state index in [1.54, 1.807) is 11.3 Å². The fraction of sp³-hybridized carbons (Fsp3) is 0.267. The summed E-state index contributed by atoms with van der Waals surface area (Å²) in [5.74, 6) is 0.131. The minimum absolute atomic E-state index is 0.131. The molecule has 5 heteroatoms. The predicted molar refractivity (Wildman–Crippen MR) is 83.3 cm³/mol. The van der Waals surface area contributed by atoms with Gasteiger partial charge in [-0.1, -0.05) is 12.1 Å². The number of carbonyl (C=O) groups excluding carboxylic acids is 1. The first-order valence-electron chi connectivity index (χ1n) is 6.66. The topological polar surface area (TPSA) is 49.6 Å². The van der Waals surface area contributed by atoms with Gasteiger partial charge in [0.05, 0.1) is 16.9 Å². The third-order valence-electron chi connectivity index (χ3n) is 3.61. The maximum atomic E-state index is 12.3. The Labute approximate surface area is 122 Å². The quantitative estimate of drug-likeness (QED) is 0.862. The van der Waals surface area contributed by atoms with E-state index in [9.17, 15) is 4.79 Å².